The third kappa shape index (κ3) is 3.52. The van der Waals surface area contributed by atoms with Crippen molar-refractivity contribution in [2.24, 2.45) is 0 Å². The van der Waals surface area contributed by atoms with Gasteiger partial charge >= 0.3 is 5.97 Å². The molecule has 1 aromatic carbocycles. The molecule has 0 saturated heterocycles. The van der Waals surface area contributed by atoms with E-state index < -0.39 is 5.97 Å². The predicted octanol–water partition coefficient (Wildman–Crippen LogP) is 2.92. The molecule has 0 heterocycles. The molecule has 0 aliphatic carbocycles. The van der Waals surface area contributed by atoms with Crippen molar-refractivity contribution in [3.05, 3.63) is 39.9 Å². The van der Waals surface area contributed by atoms with Crippen molar-refractivity contribution in [3.8, 4) is 6.07 Å². The van der Waals surface area contributed by atoms with Crippen molar-refractivity contribution >= 4 is 28.0 Å². The Morgan fingerprint density at radius 2 is 2.12 bits per heavy atom. The Hall–Kier alpha value is -1.60. The lowest BCUT2D eigenvalue weighted by molar-refractivity contribution is -0.137. The van der Waals surface area contributed by atoms with Crippen molar-refractivity contribution in [1.82, 2.24) is 0 Å². The first-order valence-electron chi connectivity index (χ1n) is 4.72. The van der Waals surface area contributed by atoms with E-state index in [1.807, 2.05) is 18.2 Å². The Morgan fingerprint density at radius 3 is 2.62 bits per heavy atom. The van der Waals surface area contributed by atoms with Gasteiger partial charge in [0.25, 0.3) is 0 Å². The maximum atomic E-state index is 11.3. The highest BCUT2D eigenvalue weighted by molar-refractivity contribution is 9.10. The van der Waals surface area contributed by atoms with Crippen molar-refractivity contribution < 1.29 is 9.53 Å². The topological polar surface area (TPSA) is 50.1 Å². The smallest absolute Gasteiger partial charge is 0.348 e. The van der Waals surface area contributed by atoms with Gasteiger partial charge in [0, 0.05) is 4.47 Å². The molecular weight excluding hydrogens is 270 g/mol. The predicted molar refractivity (Wildman–Crippen MR) is 64.4 cm³/mol. The van der Waals surface area contributed by atoms with Crippen LogP contribution in [-0.4, -0.2) is 12.6 Å². The van der Waals surface area contributed by atoms with E-state index >= 15 is 0 Å². The van der Waals surface area contributed by atoms with E-state index in [1.165, 1.54) is 6.08 Å². The molecule has 0 amide bonds. The number of rotatable bonds is 3. The Bertz CT molecular complexity index is 443. The largest absolute Gasteiger partial charge is 0.462 e. The molecule has 0 saturated carbocycles. The highest BCUT2D eigenvalue weighted by Gasteiger charge is 2.09. The van der Waals surface area contributed by atoms with E-state index in [9.17, 15) is 4.79 Å². The van der Waals surface area contributed by atoms with Crippen LogP contribution in [0.15, 0.2) is 34.3 Å². The maximum Gasteiger partial charge on any atom is 0.348 e. The van der Waals surface area contributed by atoms with E-state index in [-0.39, 0.29) is 12.2 Å². The molecule has 16 heavy (non-hydrogen) atoms. The zero-order valence-electron chi connectivity index (χ0n) is 8.74. The standard InChI is InChI=1S/C12H10BrNO2/c1-2-16-12(15)10(8-14)7-9-3-5-11(13)6-4-9/h3-7H,2H2,1H3/b10-7+. The number of halogens is 1. The number of hydrogen-bond donors (Lipinski definition) is 0. The van der Waals surface area contributed by atoms with Gasteiger partial charge in [0.2, 0.25) is 0 Å². The molecule has 0 radical (unpaired) electrons. The second-order valence-corrected chi connectivity index (χ2v) is 3.86. The fraction of sp³-hybridized carbons (Fsp3) is 0.167. The first kappa shape index (κ1) is 12.5. The van der Waals surface area contributed by atoms with Crippen LogP contribution in [0.3, 0.4) is 0 Å². The number of ether oxygens (including phenoxy) is 1. The van der Waals surface area contributed by atoms with Crippen LogP contribution in [0.25, 0.3) is 6.08 Å². The molecule has 82 valence electrons. The van der Waals surface area contributed by atoms with Gasteiger partial charge in [0.1, 0.15) is 11.6 Å². The minimum Gasteiger partial charge on any atom is -0.462 e. The van der Waals surface area contributed by atoms with Crippen molar-refractivity contribution in [2.75, 3.05) is 6.61 Å². The Kier molecular flexibility index (Phi) is 4.74. The molecule has 0 spiro atoms. The van der Waals surface area contributed by atoms with Crippen molar-refractivity contribution in [3.63, 3.8) is 0 Å². The van der Waals surface area contributed by atoms with E-state index in [0.29, 0.717) is 0 Å². The quantitative estimate of drug-likeness (QED) is 0.486. The summed E-state index contributed by atoms with van der Waals surface area (Å²) in [6.07, 6.45) is 1.50. The summed E-state index contributed by atoms with van der Waals surface area (Å²) in [5, 5.41) is 8.81. The number of carbonyl (C=O) groups is 1. The zero-order chi connectivity index (χ0) is 12.0. The molecule has 0 fully saturated rings. The summed E-state index contributed by atoms with van der Waals surface area (Å²) in [6, 6.07) is 9.12. The lowest BCUT2D eigenvalue weighted by atomic mass is 10.1. The molecule has 0 aliphatic rings. The second kappa shape index (κ2) is 6.09. The van der Waals surface area contributed by atoms with Crippen molar-refractivity contribution in [2.45, 2.75) is 6.92 Å². The van der Waals surface area contributed by atoms with Gasteiger partial charge in [-0.1, -0.05) is 28.1 Å². The molecular formula is C12H10BrNO2. The molecule has 0 aliphatic heterocycles. The normalized spacial score (nSPS) is 10.7. The molecule has 4 heteroatoms. The number of hydrogen-bond acceptors (Lipinski definition) is 3. The molecule has 1 rings (SSSR count). The van der Waals surface area contributed by atoms with E-state index in [4.69, 9.17) is 10.00 Å². The highest BCUT2D eigenvalue weighted by Crippen LogP contribution is 2.13. The summed E-state index contributed by atoms with van der Waals surface area (Å²) in [7, 11) is 0. The van der Waals surface area contributed by atoms with Gasteiger partial charge in [-0.2, -0.15) is 5.26 Å². The first-order valence-corrected chi connectivity index (χ1v) is 5.51. The van der Waals surface area contributed by atoms with E-state index in [1.54, 1.807) is 19.1 Å². The average molecular weight is 280 g/mol. The van der Waals surface area contributed by atoms with Gasteiger partial charge in [-0.15, -0.1) is 0 Å². The fourth-order valence-electron chi connectivity index (χ4n) is 1.07. The van der Waals surface area contributed by atoms with Crippen LogP contribution in [0.4, 0.5) is 0 Å². The SMILES string of the molecule is CCOC(=O)/C(C#N)=C/c1ccc(Br)cc1. The minimum atomic E-state index is -0.590. The second-order valence-electron chi connectivity index (χ2n) is 2.94. The van der Waals surface area contributed by atoms with Gasteiger partial charge < -0.3 is 4.74 Å². The molecule has 0 N–H and O–H groups in total. The average Bonchev–Trinajstić information content (AvgIpc) is 2.28. The van der Waals surface area contributed by atoms with Crippen molar-refractivity contribution in [1.29, 1.82) is 5.26 Å². The molecule has 0 bridgehead atoms. The number of nitriles is 1. The Labute approximate surface area is 102 Å². The first-order chi connectivity index (χ1) is 7.67. The van der Waals surface area contributed by atoms with Crippen LogP contribution in [-0.2, 0) is 9.53 Å². The van der Waals surface area contributed by atoms with Gasteiger partial charge in [-0.05, 0) is 30.7 Å². The lowest BCUT2D eigenvalue weighted by Crippen LogP contribution is -2.05. The summed E-state index contributed by atoms with van der Waals surface area (Å²) >= 11 is 3.31. The Balaban J connectivity index is 2.92. The molecule has 0 atom stereocenters. The van der Waals surface area contributed by atoms with Crippen LogP contribution in [0.1, 0.15) is 12.5 Å². The summed E-state index contributed by atoms with van der Waals surface area (Å²) in [6.45, 7) is 1.96. The van der Waals surface area contributed by atoms with Gasteiger partial charge in [-0.3, -0.25) is 0 Å². The van der Waals surface area contributed by atoms with Crippen LogP contribution < -0.4 is 0 Å². The van der Waals surface area contributed by atoms with Crippen LogP contribution in [0, 0.1) is 11.3 Å². The van der Waals surface area contributed by atoms with Crippen LogP contribution in [0.5, 0.6) is 0 Å². The summed E-state index contributed by atoms with van der Waals surface area (Å²) in [4.78, 5) is 11.3. The zero-order valence-corrected chi connectivity index (χ0v) is 10.3. The molecule has 1 aromatic rings. The molecule has 0 unspecified atom stereocenters. The Morgan fingerprint density at radius 1 is 1.50 bits per heavy atom. The summed E-state index contributed by atoms with van der Waals surface area (Å²) in [5.41, 5.74) is 0.789. The summed E-state index contributed by atoms with van der Waals surface area (Å²) in [5.74, 6) is -0.590. The van der Waals surface area contributed by atoms with Crippen LogP contribution in [0.2, 0.25) is 0 Å². The number of carbonyl (C=O) groups excluding carboxylic acids is 1. The minimum absolute atomic E-state index is 0.00386. The number of nitrogens with zero attached hydrogens (tertiary/aromatic N) is 1. The fourth-order valence-corrected chi connectivity index (χ4v) is 1.34. The van der Waals surface area contributed by atoms with Gasteiger partial charge in [0.15, 0.2) is 0 Å². The van der Waals surface area contributed by atoms with E-state index in [0.717, 1.165) is 10.0 Å². The molecule has 3 nitrogen and oxygen atoms in total. The third-order valence-electron chi connectivity index (χ3n) is 1.80. The number of benzene rings is 1. The lowest BCUT2D eigenvalue weighted by Gasteiger charge is -1.99. The van der Waals surface area contributed by atoms with Crippen LogP contribution >= 0.6 is 15.9 Å². The monoisotopic (exact) mass is 279 g/mol. The third-order valence-corrected chi connectivity index (χ3v) is 2.33. The van der Waals surface area contributed by atoms with Gasteiger partial charge in [-0.25, -0.2) is 4.79 Å². The van der Waals surface area contributed by atoms with Gasteiger partial charge in [0.05, 0.1) is 6.61 Å². The van der Waals surface area contributed by atoms with E-state index in [2.05, 4.69) is 15.9 Å². The maximum absolute atomic E-state index is 11.3. The summed E-state index contributed by atoms with van der Waals surface area (Å²) < 4.78 is 5.70. The molecule has 0 aromatic heterocycles. The highest BCUT2D eigenvalue weighted by atomic mass is 79.9. The number of esters is 1.